The highest BCUT2D eigenvalue weighted by Crippen LogP contribution is 1.92. The van der Waals surface area contributed by atoms with E-state index in [1.54, 1.807) is 20.8 Å². The zero-order valence-corrected chi connectivity index (χ0v) is 10.4. The van der Waals surface area contributed by atoms with Crippen molar-refractivity contribution in [3.05, 3.63) is 0 Å². The summed E-state index contributed by atoms with van der Waals surface area (Å²) in [7, 11) is 0. The normalized spacial score (nSPS) is 13.6. The smallest absolute Gasteiger partial charge is 0.321 e. The Balaban J connectivity index is 4.04. The molecular formula is C10H20N4O3. The Labute approximate surface area is 100 Å². The number of carbonyl (C=O) groups excluding carboxylic acids is 3. The van der Waals surface area contributed by atoms with E-state index >= 15 is 0 Å². The Morgan fingerprint density at radius 1 is 1.24 bits per heavy atom. The van der Waals surface area contributed by atoms with Crippen LogP contribution in [0.15, 0.2) is 0 Å². The number of amides is 4. The van der Waals surface area contributed by atoms with Gasteiger partial charge in [-0.1, -0.05) is 0 Å². The maximum Gasteiger partial charge on any atom is 0.321 e. The SMILES string of the molecule is CCNC(=O)NC(=O)C(C)NC(C)CC(N)=O. The maximum atomic E-state index is 11.5. The van der Waals surface area contributed by atoms with Gasteiger partial charge in [0, 0.05) is 19.0 Å². The highest BCUT2D eigenvalue weighted by Gasteiger charge is 2.17. The number of imide groups is 1. The summed E-state index contributed by atoms with van der Waals surface area (Å²) in [5, 5.41) is 7.48. The van der Waals surface area contributed by atoms with Gasteiger partial charge >= 0.3 is 6.03 Å². The van der Waals surface area contributed by atoms with E-state index < -0.39 is 23.9 Å². The second-order valence-corrected chi connectivity index (χ2v) is 3.81. The van der Waals surface area contributed by atoms with Gasteiger partial charge in [0.25, 0.3) is 0 Å². The van der Waals surface area contributed by atoms with Crippen LogP contribution in [0.4, 0.5) is 4.79 Å². The highest BCUT2D eigenvalue weighted by molar-refractivity contribution is 5.96. The van der Waals surface area contributed by atoms with E-state index in [-0.39, 0.29) is 12.5 Å². The molecule has 0 bridgehead atoms. The molecule has 0 radical (unpaired) electrons. The molecule has 0 aliphatic rings. The van der Waals surface area contributed by atoms with E-state index in [0.717, 1.165) is 0 Å². The zero-order valence-electron chi connectivity index (χ0n) is 10.4. The number of urea groups is 1. The molecule has 7 nitrogen and oxygen atoms in total. The highest BCUT2D eigenvalue weighted by atomic mass is 16.2. The van der Waals surface area contributed by atoms with Crippen LogP contribution in [0.25, 0.3) is 0 Å². The molecule has 0 spiro atoms. The summed E-state index contributed by atoms with van der Waals surface area (Å²) in [6.45, 7) is 5.53. The number of rotatable bonds is 6. The predicted octanol–water partition coefficient (Wildman–Crippen LogP) is -0.926. The zero-order chi connectivity index (χ0) is 13.4. The van der Waals surface area contributed by atoms with E-state index in [4.69, 9.17) is 5.73 Å². The summed E-state index contributed by atoms with van der Waals surface area (Å²) in [5.41, 5.74) is 5.02. The van der Waals surface area contributed by atoms with E-state index in [0.29, 0.717) is 6.54 Å². The lowest BCUT2D eigenvalue weighted by atomic mass is 10.2. The molecule has 0 aromatic rings. The molecule has 0 fully saturated rings. The van der Waals surface area contributed by atoms with Crippen LogP contribution in [0.1, 0.15) is 27.2 Å². The minimum Gasteiger partial charge on any atom is -0.370 e. The third-order valence-electron chi connectivity index (χ3n) is 2.01. The molecule has 0 saturated carbocycles. The average molecular weight is 244 g/mol. The van der Waals surface area contributed by atoms with Crippen molar-refractivity contribution in [2.75, 3.05) is 6.54 Å². The van der Waals surface area contributed by atoms with Gasteiger partial charge in [-0.2, -0.15) is 0 Å². The van der Waals surface area contributed by atoms with Crippen molar-refractivity contribution < 1.29 is 14.4 Å². The van der Waals surface area contributed by atoms with Crippen LogP contribution in [0.5, 0.6) is 0 Å². The molecule has 0 aliphatic heterocycles. The molecule has 4 amide bonds. The Hall–Kier alpha value is -1.63. The molecular weight excluding hydrogens is 224 g/mol. The van der Waals surface area contributed by atoms with Gasteiger partial charge in [0.1, 0.15) is 0 Å². The molecule has 0 aromatic carbocycles. The van der Waals surface area contributed by atoms with Crippen molar-refractivity contribution in [2.45, 2.75) is 39.3 Å². The first-order valence-electron chi connectivity index (χ1n) is 5.49. The number of primary amides is 1. The van der Waals surface area contributed by atoms with Crippen LogP contribution in [0.2, 0.25) is 0 Å². The summed E-state index contributed by atoms with van der Waals surface area (Å²) in [6, 6.07) is -1.33. The van der Waals surface area contributed by atoms with Gasteiger partial charge in [-0.15, -0.1) is 0 Å². The van der Waals surface area contributed by atoms with E-state index in [9.17, 15) is 14.4 Å². The summed E-state index contributed by atoms with van der Waals surface area (Å²) in [5.74, 6) is -0.895. The number of nitrogens with two attached hydrogens (primary N) is 1. The molecule has 0 aliphatic carbocycles. The third-order valence-corrected chi connectivity index (χ3v) is 2.01. The van der Waals surface area contributed by atoms with E-state index in [1.165, 1.54) is 0 Å². The van der Waals surface area contributed by atoms with Gasteiger partial charge in [-0.3, -0.25) is 14.9 Å². The lowest BCUT2D eigenvalue weighted by Crippen LogP contribution is -2.50. The summed E-state index contributed by atoms with van der Waals surface area (Å²) in [4.78, 5) is 33.2. The minimum atomic E-state index is -0.577. The Kier molecular flexibility index (Phi) is 6.88. The van der Waals surface area contributed by atoms with E-state index in [1.807, 2.05) is 0 Å². The van der Waals surface area contributed by atoms with Crippen molar-refractivity contribution in [1.82, 2.24) is 16.0 Å². The molecule has 98 valence electrons. The second kappa shape index (κ2) is 7.61. The third kappa shape index (κ3) is 7.29. The molecule has 2 unspecified atom stereocenters. The molecule has 17 heavy (non-hydrogen) atoms. The summed E-state index contributed by atoms with van der Waals surface area (Å²) >= 11 is 0. The number of hydrogen-bond acceptors (Lipinski definition) is 4. The maximum absolute atomic E-state index is 11.5. The molecule has 7 heteroatoms. The molecule has 0 aromatic heterocycles. The Bertz CT molecular complexity index is 293. The van der Waals surface area contributed by atoms with Gasteiger partial charge in [-0.05, 0) is 20.8 Å². The Morgan fingerprint density at radius 2 is 1.82 bits per heavy atom. The van der Waals surface area contributed by atoms with Crippen LogP contribution in [0, 0.1) is 0 Å². The fourth-order valence-corrected chi connectivity index (χ4v) is 1.29. The van der Waals surface area contributed by atoms with Gasteiger partial charge in [0.2, 0.25) is 11.8 Å². The standard InChI is InChI=1S/C10H20N4O3/c1-4-12-10(17)14-9(16)7(3)13-6(2)5-8(11)15/h6-7,13H,4-5H2,1-3H3,(H2,11,15)(H2,12,14,16,17). The predicted molar refractivity (Wildman–Crippen MR) is 63.1 cm³/mol. The van der Waals surface area contributed by atoms with Crippen molar-refractivity contribution in [1.29, 1.82) is 0 Å². The van der Waals surface area contributed by atoms with Crippen molar-refractivity contribution in [3.63, 3.8) is 0 Å². The van der Waals surface area contributed by atoms with Crippen molar-refractivity contribution in [2.24, 2.45) is 5.73 Å². The fourth-order valence-electron chi connectivity index (χ4n) is 1.29. The quantitative estimate of drug-likeness (QED) is 0.483. The van der Waals surface area contributed by atoms with Gasteiger partial charge in [0.05, 0.1) is 6.04 Å². The first kappa shape index (κ1) is 15.4. The van der Waals surface area contributed by atoms with Crippen LogP contribution < -0.4 is 21.7 Å². The van der Waals surface area contributed by atoms with Crippen LogP contribution >= 0.6 is 0 Å². The van der Waals surface area contributed by atoms with Crippen LogP contribution in [-0.2, 0) is 9.59 Å². The first-order valence-corrected chi connectivity index (χ1v) is 5.49. The molecule has 0 saturated heterocycles. The monoisotopic (exact) mass is 244 g/mol. The summed E-state index contributed by atoms with van der Waals surface area (Å²) < 4.78 is 0. The lowest BCUT2D eigenvalue weighted by Gasteiger charge is -2.18. The summed E-state index contributed by atoms with van der Waals surface area (Å²) in [6.07, 6.45) is 0.138. The lowest BCUT2D eigenvalue weighted by molar-refractivity contribution is -0.122. The Morgan fingerprint density at radius 3 is 2.29 bits per heavy atom. The second-order valence-electron chi connectivity index (χ2n) is 3.81. The number of carbonyl (C=O) groups is 3. The largest absolute Gasteiger partial charge is 0.370 e. The molecule has 0 rings (SSSR count). The van der Waals surface area contributed by atoms with E-state index in [2.05, 4.69) is 16.0 Å². The molecule has 5 N–H and O–H groups in total. The van der Waals surface area contributed by atoms with Crippen molar-refractivity contribution >= 4 is 17.8 Å². The fraction of sp³-hybridized carbons (Fsp3) is 0.700. The minimum absolute atomic E-state index is 0.138. The van der Waals surface area contributed by atoms with Crippen LogP contribution in [0.3, 0.4) is 0 Å². The molecule has 0 heterocycles. The van der Waals surface area contributed by atoms with Crippen molar-refractivity contribution in [3.8, 4) is 0 Å². The molecule has 2 atom stereocenters. The average Bonchev–Trinajstić information content (AvgIpc) is 2.15. The van der Waals surface area contributed by atoms with Crippen LogP contribution in [-0.4, -0.2) is 36.5 Å². The van der Waals surface area contributed by atoms with Gasteiger partial charge < -0.3 is 16.4 Å². The number of hydrogen-bond donors (Lipinski definition) is 4. The number of nitrogens with one attached hydrogen (secondary N) is 3. The van der Waals surface area contributed by atoms with Gasteiger partial charge in [-0.25, -0.2) is 4.79 Å². The topological polar surface area (TPSA) is 113 Å². The van der Waals surface area contributed by atoms with Gasteiger partial charge in [0.15, 0.2) is 0 Å². The first-order chi connectivity index (χ1) is 7.86.